The van der Waals surface area contributed by atoms with E-state index in [4.69, 9.17) is 0 Å². The average Bonchev–Trinajstić information content (AvgIpc) is 2.69. The largest absolute Gasteiger partial charge is 0.354 e. The van der Waals surface area contributed by atoms with Crippen LogP contribution in [0.15, 0.2) is 67.0 Å². The monoisotopic (exact) mass is 374 g/mol. The van der Waals surface area contributed by atoms with Crippen LogP contribution in [0.2, 0.25) is 0 Å². The second-order valence-electron chi connectivity index (χ2n) is 7.71. The number of aromatic nitrogens is 2. The lowest BCUT2D eigenvalue weighted by atomic mass is 9.86. The van der Waals surface area contributed by atoms with Crippen molar-refractivity contribution in [3.63, 3.8) is 0 Å². The zero-order chi connectivity index (χ0) is 20.0. The third-order valence-corrected chi connectivity index (χ3v) is 4.44. The van der Waals surface area contributed by atoms with E-state index in [1.54, 1.807) is 12.4 Å². The van der Waals surface area contributed by atoms with Crippen LogP contribution in [0.3, 0.4) is 0 Å². The molecule has 5 nitrogen and oxygen atoms in total. The number of hydrogen-bond donors (Lipinski definition) is 2. The zero-order valence-electron chi connectivity index (χ0n) is 16.6. The van der Waals surface area contributed by atoms with Crippen LogP contribution in [-0.2, 0) is 11.8 Å². The highest BCUT2D eigenvalue weighted by atomic mass is 16.1. The van der Waals surface area contributed by atoms with Gasteiger partial charge >= 0.3 is 0 Å². The lowest BCUT2D eigenvalue weighted by molar-refractivity contribution is 0.102. The van der Waals surface area contributed by atoms with Gasteiger partial charge in [-0.2, -0.15) is 0 Å². The quantitative estimate of drug-likeness (QED) is 0.657. The molecule has 2 aromatic carbocycles. The molecular weight excluding hydrogens is 348 g/mol. The highest BCUT2D eigenvalue weighted by molar-refractivity contribution is 6.04. The van der Waals surface area contributed by atoms with Gasteiger partial charge in [-0.3, -0.25) is 4.79 Å². The summed E-state index contributed by atoms with van der Waals surface area (Å²) >= 11 is 0. The Morgan fingerprint density at radius 2 is 1.57 bits per heavy atom. The van der Waals surface area contributed by atoms with E-state index in [9.17, 15) is 4.79 Å². The summed E-state index contributed by atoms with van der Waals surface area (Å²) in [6, 6.07) is 18.1. The van der Waals surface area contributed by atoms with Crippen LogP contribution in [0, 0.1) is 0 Å². The smallest absolute Gasteiger partial charge is 0.258 e. The van der Waals surface area contributed by atoms with E-state index in [1.807, 2.05) is 42.5 Å². The van der Waals surface area contributed by atoms with Crippen LogP contribution in [-0.4, -0.2) is 22.4 Å². The zero-order valence-corrected chi connectivity index (χ0v) is 16.6. The maximum absolute atomic E-state index is 12.6. The van der Waals surface area contributed by atoms with Gasteiger partial charge in [-0.1, -0.05) is 69.3 Å². The molecule has 1 heterocycles. The summed E-state index contributed by atoms with van der Waals surface area (Å²) in [5, 5.41) is 6.16. The number of amides is 1. The van der Waals surface area contributed by atoms with Crippen LogP contribution in [0.5, 0.6) is 0 Å². The lowest BCUT2D eigenvalue weighted by Crippen LogP contribution is -2.19. The molecule has 1 amide bonds. The molecule has 3 aromatic rings. The van der Waals surface area contributed by atoms with Gasteiger partial charge in [0.05, 0.1) is 5.56 Å². The van der Waals surface area contributed by atoms with Crippen molar-refractivity contribution >= 4 is 17.5 Å². The first-order valence-electron chi connectivity index (χ1n) is 9.44. The molecule has 144 valence electrons. The number of nitrogens with one attached hydrogen (secondary N) is 2. The number of para-hydroxylation sites is 1. The Hall–Kier alpha value is -3.21. The maximum atomic E-state index is 12.6. The molecule has 0 aliphatic rings. The molecule has 0 spiro atoms. The van der Waals surface area contributed by atoms with Crippen molar-refractivity contribution in [1.82, 2.24) is 9.97 Å². The SMILES string of the molecule is CC(C)(C)c1ccccc1NC(=O)c1cnc(NCCc2ccccc2)nc1. The third-order valence-electron chi connectivity index (χ3n) is 4.44. The average molecular weight is 374 g/mol. The molecule has 28 heavy (non-hydrogen) atoms. The van der Waals surface area contributed by atoms with Crippen molar-refractivity contribution < 1.29 is 4.79 Å². The first kappa shape index (κ1) is 19.5. The van der Waals surface area contributed by atoms with Gasteiger partial charge in [0.2, 0.25) is 5.95 Å². The lowest BCUT2D eigenvalue weighted by Gasteiger charge is -2.22. The van der Waals surface area contributed by atoms with E-state index in [-0.39, 0.29) is 11.3 Å². The molecule has 0 aliphatic heterocycles. The van der Waals surface area contributed by atoms with Gasteiger partial charge in [-0.25, -0.2) is 9.97 Å². The van der Waals surface area contributed by atoms with E-state index in [0.717, 1.165) is 24.2 Å². The van der Waals surface area contributed by atoms with Crippen LogP contribution in [0.1, 0.15) is 42.3 Å². The number of rotatable bonds is 6. The van der Waals surface area contributed by atoms with E-state index in [1.165, 1.54) is 5.56 Å². The van der Waals surface area contributed by atoms with E-state index < -0.39 is 0 Å². The Morgan fingerprint density at radius 3 is 2.25 bits per heavy atom. The molecule has 0 atom stereocenters. The Morgan fingerprint density at radius 1 is 0.929 bits per heavy atom. The first-order valence-corrected chi connectivity index (χ1v) is 9.44. The van der Waals surface area contributed by atoms with Crippen LogP contribution < -0.4 is 10.6 Å². The number of anilines is 2. The summed E-state index contributed by atoms with van der Waals surface area (Å²) in [5.41, 5.74) is 3.52. The van der Waals surface area contributed by atoms with Crippen molar-refractivity contribution in [2.45, 2.75) is 32.6 Å². The van der Waals surface area contributed by atoms with Crippen molar-refractivity contribution in [1.29, 1.82) is 0 Å². The number of benzene rings is 2. The van der Waals surface area contributed by atoms with Gasteiger partial charge in [0, 0.05) is 24.6 Å². The fraction of sp³-hybridized carbons (Fsp3) is 0.261. The highest BCUT2D eigenvalue weighted by Gasteiger charge is 2.19. The fourth-order valence-electron chi connectivity index (χ4n) is 2.94. The first-order chi connectivity index (χ1) is 13.4. The van der Waals surface area contributed by atoms with Crippen molar-refractivity contribution in [3.8, 4) is 0 Å². The molecule has 1 aromatic heterocycles. The molecule has 0 aliphatic carbocycles. The minimum Gasteiger partial charge on any atom is -0.354 e. The number of carbonyl (C=O) groups is 1. The summed E-state index contributed by atoms with van der Waals surface area (Å²) in [5.74, 6) is 0.301. The molecule has 0 radical (unpaired) electrons. The Kier molecular flexibility index (Phi) is 6.04. The number of nitrogens with zero attached hydrogens (tertiary/aromatic N) is 2. The van der Waals surface area contributed by atoms with Crippen LogP contribution in [0.4, 0.5) is 11.6 Å². The Balaban J connectivity index is 1.60. The summed E-state index contributed by atoms with van der Waals surface area (Å²) in [6.45, 7) is 7.10. The van der Waals surface area contributed by atoms with E-state index >= 15 is 0 Å². The topological polar surface area (TPSA) is 66.9 Å². The molecule has 0 bridgehead atoms. The summed E-state index contributed by atoms with van der Waals surface area (Å²) in [4.78, 5) is 21.1. The second kappa shape index (κ2) is 8.65. The number of hydrogen-bond acceptors (Lipinski definition) is 4. The van der Waals surface area contributed by atoms with Crippen molar-refractivity contribution in [3.05, 3.63) is 83.7 Å². The summed E-state index contributed by atoms with van der Waals surface area (Å²) < 4.78 is 0. The second-order valence-corrected chi connectivity index (χ2v) is 7.71. The molecule has 0 saturated heterocycles. The molecule has 5 heteroatoms. The molecule has 3 rings (SSSR count). The van der Waals surface area contributed by atoms with Gasteiger partial charge in [0.15, 0.2) is 0 Å². The maximum Gasteiger partial charge on any atom is 0.258 e. The standard InChI is InChI=1S/C23H26N4O/c1-23(2,3)19-11-7-8-12-20(19)27-21(28)18-15-25-22(26-16-18)24-14-13-17-9-5-4-6-10-17/h4-12,15-16H,13-14H2,1-3H3,(H,27,28)(H,24,25,26). The predicted octanol–water partition coefficient (Wildman–Crippen LogP) is 4.68. The van der Waals surface area contributed by atoms with E-state index in [2.05, 4.69) is 53.5 Å². The molecule has 0 saturated carbocycles. The summed E-state index contributed by atoms with van der Waals surface area (Å²) in [7, 11) is 0. The molecular formula is C23H26N4O. The molecule has 0 unspecified atom stereocenters. The van der Waals surface area contributed by atoms with Gasteiger partial charge in [-0.05, 0) is 29.0 Å². The van der Waals surface area contributed by atoms with Crippen molar-refractivity contribution in [2.24, 2.45) is 0 Å². The highest BCUT2D eigenvalue weighted by Crippen LogP contribution is 2.29. The third kappa shape index (κ3) is 5.16. The van der Waals surface area contributed by atoms with Gasteiger partial charge < -0.3 is 10.6 Å². The van der Waals surface area contributed by atoms with Crippen LogP contribution in [0.25, 0.3) is 0 Å². The Bertz CT molecular complexity index is 915. The predicted molar refractivity (Wildman–Crippen MR) is 114 cm³/mol. The van der Waals surface area contributed by atoms with Crippen molar-refractivity contribution in [2.75, 3.05) is 17.2 Å². The van der Waals surface area contributed by atoms with E-state index in [0.29, 0.717) is 11.5 Å². The normalized spacial score (nSPS) is 11.1. The van der Waals surface area contributed by atoms with Gasteiger partial charge in [0.1, 0.15) is 0 Å². The number of carbonyl (C=O) groups excluding carboxylic acids is 1. The molecule has 0 fully saturated rings. The van der Waals surface area contributed by atoms with Gasteiger partial charge in [0.25, 0.3) is 5.91 Å². The fourth-order valence-corrected chi connectivity index (χ4v) is 2.94. The minimum absolute atomic E-state index is 0.0626. The van der Waals surface area contributed by atoms with Gasteiger partial charge in [-0.15, -0.1) is 0 Å². The summed E-state index contributed by atoms with van der Waals surface area (Å²) in [6.07, 6.45) is 3.98. The molecule has 2 N–H and O–H groups in total. The minimum atomic E-state index is -0.215. The van der Waals surface area contributed by atoms with Crippen LogP contribution >= 0.6 is 0 Å². The Labute approximate surface area is 166 Å².